The Kier molecular flexibility index (Phi) is 6.59. The van der Waals surface area contributed by atoms with E-state index in [1.165, 1.54) is 13.8 Å². The molecule has 0 aromatic heterocycles. The number of halogens is 2. The van der Waals surface area contributed by atoms with Crippen molar-refractivity contribution in [2.45, 2.75) is 26.4 Å². The molecule has 6 nitrogen and oxygen atoms in total. The van der Waals surface area contributed by atoms with E-state index in [1.54, 1.807) is 24.3 Å². The summed E-state index contributed by atoms with van der Waals surface area (Å²) in [5.74, 6) is -3.17. The van der Waals surface area contributed by atoms with Crippen LogP contribution in [0.15, 0.2) is 42.5 Å². The van der Waals surface area contributed by atoms with E-state index in [2.05, 4.69) is 10.6 Å². The number of nitrogens with one attached hydrogen (secondary N) is 2. The fourth-order valence-electron chi connectivity index (χ4n) is 2.20. The van der Waals surface area contributed by atoms with Gasteiger partial charge in [-0.15, -0.1) is 0 Å². The summed E-state index contributed by atoms with van der Waals surface area (Å²) >= 11 is 0. The van der Waals surface area contributed by atoms with Gasteiger partial charge in [-0.25, -0.2) is 8.78 Å². The van der Waals surface area contributed by atoms with Crippen LogP contribution in [0.25, 0.3) is 0 Å². The maximum Gasteiger partial charge on any atom is 0.311 e. The van der Waals surface area contributed by atoms with E-state index in [9.17, 15) is 23.2 Å². The number of hydrogen-bond acceptors (Lipinski definition) is 4. The van der Waals surface area contributed by atoms with Crippen LogP contribution in [0.4, 0.5) is 20.2 Å². The van der Waals surface area contributed by atoms with Crippen LogP contribution < -0.4 is 10.6 Å². The summed E-state index contributed by atoms with van der Waals surface area (Å²) in [6.07, 6.45) is -1.29. The molecule has 0 aliphatic rings. The van der Waals surface area contributed by atoms with E-state index < -0.39 is 29.6 Å². The summed E-state index contributed by atoms with van der Waals surface area (Å²) in [6.45, 7) is 2.71. The molecule has 0 fully saturated rings. The molecule has 2 N–H and O–H groups in total. The van der Waals surface area contributed by atoms with Crippen LogP contribution >= 0.6 is 0 Å². The summed E-state index contributed by atoms with van der Waals surface area (Å²) in [5.41, 5.74) is 0.874. The monoisotopic (exact) mass is 376 g/mol. The lowest BCUT2D eigenvalue weighted by Crippen LogP contribution is -2.30. The summed E-state index contributed by atoms with van der Waals surface area (Å²) in [6, 6.07) is 9.18. The third kappa shape index (κ3) is 6.18. The fourth-order valence-corrected chi connectivity index (χ4v) is 2.20. The molecule has 0 heterocycles. The van der Waals surface area contributed by atoms with Crippen LogP contribution in [0, 0.1) is 11.6 Å². The molecule has 2 rings (SSSR count). The molecule has 0 bridgehead atoms. The van der Waals surface area contributed by atoms with Crippen LogP contribution in [-0.2, 0) is 25.5 Å². The second-order valence-electron chi connectivity index (χ2n) is 5.80. The van der Waals surface area contributed by atoms with Crippen molar-refractivity contribution in [2.75, 3.05) is 10.6 Å². The molecule has 0 spiro atoms. The minimum atomic E-state index is -1.20. The Labute approximate surface area is 154 Å². The van der Waals surface area contributed by atoms with Crippen molar-refractivity contribution in [1.29, 1.82) is 0 Å². The zero-order chi connectivity index (χ0) is 20.0. The molecule has 0 saturated carbocycles. The Bertz CT molecular complexity index is 853. The molecular formula is C19H18F2N2O4. The third-order valence-corrected chi connectivity index (χ3v) is 3.49. The molecular weight excluding hydrogens is 358 g/mol. The molecule has 2 amide bonds. The molecule has 2 aromatic carbocycles. The normalized spacial score (nSPS) is 11.4. The van der Waals surface area contributed by atoms with Crippen molar-refractivity contribution in [3.63, 3.8) is 0 Å². The van der Waals surface area contributed by atoms with Crippen LogP contribution in [0.3, 0.4) is 0 Å². The summed E-state index contributed by atoms with van der Waals surface area (Å²) in [4.78, 5) is 34.9. The highest BCUT2D eigenvalue weighted by molar-refractivity contribution is 5.95. The molecule has 8 heteroatoms. The first-order valence-corrected chi connectivity index (χ1v) is 8.06. The van der Waals surface area contributed by atoms with Gasteiger partial charge in [0, 0.05) is 18.7 Å². The first-order valence-electron chi connectivity index (χ1n) is 8.06. The van der Waals surface area contributed by atoms with Crippen molar-refractivity contribution < 1.29 is 27.9 Å². The van der Waals surface area contributed by atoms with Gasteiger partial charge in [0.05, 0.1) is 12.1 Å². The second kappa shape index (κ2) is 8.88. The predicted octanol–water partition coefficient (Wildman–Crippen LogP) is 3.04. The number of amides is 2. The van der Waals surface area contributed by atoms with E-state index in [0.717, 1.165) is 18.2 Å². The predicted molar refractivity (Wildman–Crippen MR) is 95.0 cm³/mol. The van der Waals surface area contributed by atoms with Gasteiger partial charge in [0.15, 0.2) is 6.10 Å². The Morgan fingerprint density at radius 1 is 1.04 bits per heavy atom. The van der Waals surface area contributed by atoms with Gasteiger partial charge in [0.1, 0.15) is 11.6 Å². The molecule has 0 aliphatic heterocycles. The number of hydrogen-bond donors (Lipinski definition) is 2. The Balaban J connectivity index is 1.89. The van der Waals surface area contributed by atoms with Gasteiger partial charge in [0.25, 0.3) is 5.91 Å². The average Bonchev–Trinajstić information content (AvgIpc) is 2.59. The van der Waals surface area contributed by atoms with E-state index in [-0.39, 0.29) is 18.0 Å². The number of esters is 1. The van der Waals surface area contributed by atoms with Gasteiger partial charge in [-0.2, -0.15) is 0 Å². The number of carbonyl (C=O) groups excluding carboxylic acids is 3. The number of ether oxygens (including phenoxy) is 1. The zero-order valence-corrected chi connectivity index (χ0v) is 14.7. The highest BCUT2D eigenvalue weighted by atomic mass is 19.1. The number of benzene rings is 2. The Hall–Kier alpha value is -3.29. The second-order valence-corrected chi connectivity index (χ2v) is 5.80. The quantitative estimate of drug-likeness (QED) is 0.759. The summed E-state index contributed by atoms with van der Waals surface area (Å²) in [7, 11) is 0. The van der Waals surface area contributed by atoms with E-state index in [1.807, 2.05) is 0 Å². The lowest BCUT2D eigenvalue weighted by Gasteiger charge is -2.14. The Morgan fingerprint density at radius 3 is 2.33 bits per heavy atom. The molecule has 0 aliphatic carbocycles. The van der Waals surface area contributed by atoms with Gasteiger partial charge in [-0.05, 0) is 36.8 Å². The maximum atomic E-state index is 13.5. The van der Waals surface area contributed by atoms with E-state index in [4.69, 9.17) is 4.74 Å². The number of rotatable bonds is 6. The van der Waals surface area contributed by atoms with Crippen LogP contribution in [0.5, 0.6) is 0 Å². The molecule has 0 saturated heterocycles. The molecule has 1 atom stereocenters. The average molecular weight is 376 g/mol. The zero-order valence-electron chi connectivity index (χ0n) is 14.7. The SMILES string of the molecule is CC(=O)Nc1ccc(CC(=O)O[C@@H](C)C(=O)Nc2cc(F)ccc2F)cc1. The lowest BCUT2D eigenvalue weighted by molar-refractivity contribution is -0.152. The topological polar surface area (TPSA) is 84.5 Å². The van der Waals surface area contributed by atoms with Crippen LogP contribution in [0.1, 0.15) is 19.4 Å². The number of carbonyl (C=O) groups is 3. The first-order chi connectivity index (χ1) is 12.7. The smallest absolute Gasteiger partial charge is 0.311 e. The minimum absolute atomic E-state index is 0.0910. The summed E-state index contributed by atoms with van der Waals surface area (Å²) in [5, 5.41) is 4.77. The van der Waals surface area contributed by atoms with Gasteiger partial charge >= 0.3 is 5.97 Å². The minimum Gasteiger partial charge on any atom is -0.452 e. The first kappa shape index (κ1) is 20.0. The van der Waals surface area contributed by atoms with Crippen molar-refractivity contribution in [3.05, 3.63) is 59.7 Å². The van der Waals surface area contributed by atoms with Crippen molar-refractivity contribution >= 4 is 29.2 Å². The number of anilines is 2. The van der Waals surface area contributed by atoms with Crippen LogP contribution in [-0.4, -0.2) is 23.9 Å². The summed E-state index contributed by atoms with van der Waals surface area (Å²) < 4.78 is 31.7. The van der Waals surface area contributed by atoms with Gasteiger partial charge in [-0.1, -0.05) is 12.1 Å². The van der Waals surface area contributed by atoms with Gasteiger partial charge in [0.2, 0.25) is 5.91 Å². The maximum absolute atomic E-state index is 13.5. The highest BCUT2D eigenvalue weighted by Gasteiger charge is 2.19. The standard InChI is InChI=1S/C19H18F2N2O4/c1-11(19(26)23-17-10-14(20)5-8-16(17)21)27-18(25)9-13-3-6-15(7-4-13)22-12(2)24/h3-8,10-11H,9H2,1-2H3,(H,22,24)(H,23,26)/t11-/m0/s1. The molecule has 27 heavy (non-hydrogen) atoms. The highest BCUT2D eigenvalue weighted by Crippen LogP contribution is 2.16. The molecule has 142 valence electrons. The lowest BCUT2D eigenvalue weighted by atomic mass is 10.1. The van der Waals surface area contributed by atoms with E-state index in [0.29, 0.717) is 11.3 Å². The van der Waals surface area contributed by atoms with Crippen molar-refractivity contribution in [2.24, 2.45) is 0 Å². The molecule has 0 radical (unpaired) electrons. The third-order valence-electron chi connectivity index (χ3n) is 3.49. The largest absolute Gasteiger partial charge is 0.452 e. The van der Waals surface area contributed by atoms with E-state index >= 15 is 0 Å². The van der Waals surface area contributed by atoms with Crippen LogP contribution in [0.2, 0.25) is 0 Å². The van der Waals surface area contributed by atoms with Gasteiger partial charge < -0.3 is 15.4 Å². The Morgan fingerprint density at radius 2 is 1.70 bits per heavy atom. The fraction of sp³-hybridized carbons (Fsp3) is 0.211. The molecule has 0 unspecified atom stereocenters. The molecule has 2 aromatic rings. The van der Waals surface area contributed by atoms with Gasteiger partial charge in [-0.3, -0.25) is 14.4 Å². The van der Waals surface area contributed by atoms with Crippen molar-refractivity contribution in [1.82, 2.24) is 0 Å². The van der Waals surface area contributed by atoms with Crippen molar-refractivity contribution in [3.8, 4) is 0 Å².